The molecular weight excluding hydrogens is 420 g/mol. The average Bonchev–Trinajstić information content (AvgIpc) is 3.33. The van der Waals surface area contributed by atoms with E-state index in [-0.39, 0.29) is 36.7 Å². The van der Waals surface area contributed by atoms with Crippen molar-refractivity contribution in [2.75, 3.05) is 19.7 Å². The molecule has 1 fully saturated rings. The van der Waals surface area contributed by atoms with Crippen molar-refractivity contribution in [2.24, 2.45) is 11.8 Å². The lowest BCUT2D eigenvalue weighted by Gasteiger charge is -2.24. The molecule has 2 unspecified atom stereocenters. The van der Waals surface area contributed by atoms with Gasteiger partial charge in [0.1, 0.15) is 12.6 Å². The van der Waals surface area contributed by atoms with Gasteiger partial charge in [-0.15, -0.1) is 0 Å². The van der Waals surface area contributed by atoms with Crippen LogP contribution in [-0.2, 0) is 14.3 Å². The lowest BCUT2D eigenvalue weighted by atomic mass is 9.95. The number of aliphatic carboxylic acids is 1. The van der Waals surface area contributed by atoms with E-state index in [1.165, 1.54) is 0 Å². The maximum absolute atomic E-state index is 13.0. The minimum absolute atomic E-state index is 0.0432. The molecule has 0 saturated carbocycles. The normalized spacial score (nSPS) is 20.1. The molecule has 2 aromatic carbocycles. The number of carbonyl (C=O) groups is 3. The molecule has 0 spiro atoms. The van der Waals surface area contributed by atoms with E-state index in [0.717, 1.165) is 22.3 Å². The number of ether oxygens (including phenoxy) is 1. The first-order chi connectivity index (χ1) is 15.9. The fourth-order valence-corrected chi connectivity index (χ4v) is 5.05. The molecule has 0 bridgehead atoms. The van der Waals surface area contributed by atoms with Gasteiger partial charge in [0, 0.05) is 19.0 Å². The molecule has 2 aromatic rings. The van der Waals surface area contributed by atoms with Gasteiger partial charge in [0.25, 0.3) is 0 Å². The fourth-order valence-electron chi connectivity index (χ4n) is 5.05. The third kappa shape index (κ3) is 4.72. The Labute approximate surface area is 193 Å². The van der Waals surface area contributed by atoms with Crippen LogP contribution in [0.1, 0.15) is 43.7 Å². The zero-order chi connectivity index (χ0) is 23.5. The van der Waals surface area contributed by atoms with E-state index in [4.69, 9.17) is 9.84 Å². The highest BCUT2D eigenvalue weighted by Crippen LogP contribution is 2.44. The van der Waals surface area contributed by atoms with Crippen molar-refractivity contribution < 1.29 is 24.2 Å². The molecule has 7 heteroatoms. The minimum Gasteiger partial charge on any atom is -0.481 e. The van der Waals surface area contributed by atoms with E-state index in [9.17, 15) is 14.4 Å². The number of benzene rings is 2. The Morgan fingerprint density at radius 2 is 1.67 bits per heavy atom. The van der Waals surface area contributed by atoms with Gasteiger partial charge in [-0.1, -0.05) is 62.4 Å². The zero-order valence-corrected chi connectivity index (χ0v) is 19.0. The molecule has 3 atom stereocenters. The third-order valence-electron chi connectivity index (χ3n) is 6.86. The van der Waals surface area contributed by atoms with E-state index < -0.39 is 18.1 Å². The second-order valence-corrected chi connectivity index (χ2v) is 9.01. The summed E-state index contributed by atoms with van der Waals surface area (Å²) in [6, 6.07) is 15.5. The quantitative estimate of drug-likeness (QED) is 0.668. The van der Waals surface area contributed by atoms with Gasteiger partial charge in [-0.25, -0.2) is 4.79 Å². The number of likely N-dealkylation sites (tertiary alicyclic amines) is 1. The van der Waals surface area contributed by atoms with Crippen LogP contribution >= 0.6 is 0 Å². The van der Waals surface area contributed by atoms with Crippen molar-refractivity contribution in [1.82, 2.24) is 10.2 Å². The predicted octanol–water partition coefficient (Wildman–Crippen LogP) is 3.87. The summed E-state index contributed by atoms with van der Waals surface area (Å²) < 4.78 is 5.58. The molecule has 1 saturated heterocycles. The molecule has 33 heavy (non-hydrogen) atoms. The Hall–Kier alpha value is -3.35. The topological polar surface area (TPSA) is 95.9 Å². The third-order valence-corrected chi connectivity index (χ3v) is 6.86. The molecule has 0 aromatic heterocycles. The molecule has 4 rings (SSSR count). The lowest BCUT2D eigenvalue weighted by molar-refractivity contribution is -0.138. The van der Waals surface area contributed by atoms with Crippen LogP contribution in [0.2, 0.25) is 0 Å². The molecule has 2 amide bonds. The number of hydrogen-bond donors (Lipinski definition) is 2. The second-order valence-electron chi connectivity index (χ2n) is 9.01. The Kier molecular flexibility index (Phi) is 6.67. The van der Waals surface area contributed by atoms with Crippen molar-refractivity contribution in [2.45, 2.75) is 38.6 Å². The Bertz CT molecular complexity index is 1010. The van der Waals surface area contributed by atoms with E-state index in [1.807, 2.05) is 38.1 Å². The molecule has 2 N–H and O–H groups in total. The number of fused-ring (bicyclic) bond motifs is 3. The van der Waals surface area contributed by atoms with Crippen LogP contribution in [-0.4, -0.2) is 53.7 Å². The summed E-state index contributed by atoms with van der Waals surface area (Å²) in [6.07, 6.45) is -0.148. The maximum Gasteiger partial charge on any atom is 0.407 e. The highest BCUT2D eigenvalue weighted by molar-refractivity contribution is 5.86. The number of nitrogens with zero attached hydrogens (tertiary/aromatic N) is 1. The van der Waals surface area contributed by atoms with Gasteiger partial charge in [0.05, 0.1) is 6.42 Å². The smallest absolute Gasteiger partial charge is 0.407 e. The summed E-state index contributed by atoms with van der Waals surface area (Å²) in [5.41, 5.74) is 4.57. The lowest BCUT2D eigenvalue weighted by Crippen LogP contribution is -2.48. The number of carbonyl (C=O) groups excluding carboxylic acids is 2. The SMILES string of the molecule is CC[C@@H](NC(=O)OCC1c2ccccc2-c2ccccc21)C(=O)N1CC(C)C(CC(=O)O)C1. The van der Waals surface area contributed by atoms with E-state index >= 15 is 0 Å². The number of rotatable bonds is 7. The van der Waals surface area contributed by atoms with Crippen LogP contribution in [0.3, 0.4) is 0 Å². The number of hydrogen-bond acceptors (Lipinski definition) is 4. The molecular formula is C26H30N2O5. The van der Waals surface area contributed by atoms with Gasteiger partial charge in [-0.3, -0.25) is 9.59 Å². The van der Waals surface area contributed by atoms with Crippen LogP contribution in [0.25, 0.3) is 11.1 Å². The molecule has 7 nitrogen and oxygen atoms in total. The second kappa shape index (κ2) is 9.65. The zero-order valence-electron chi connectivity index (χ0n) is 19.0. The van der Waals surface area contributed by atoms with Gasteiger partial charge in [0.2, 0.25) is 5.91 Å². The number of nitrogens with one attached hydrogen (secondary N) is 1. The largest absolute Gasteiger partial charge is 0.481 e. The van der Waals surface area contributed by atoms with Crippen molar-refractivity contribution in [1.29, 1.82) is 0 Å². The Morgan fingerprint density at radius 3 is 2.24 bits per heavy atom. The van der Waals surface area contributed by atoms with Crippen LogP contribution in [0.4, 0.5) is 4.79 Å². The number of carboxylic acids is 1. The highest BCUT2D eigenvalue weighted by atomic mass is 16.5. The monoisotopic (exact) mass is 450 g/mol. The van der Waals surface area contributed by atoms with Crippen molar-refractivity contribution >= 4 is 18.0 Å². The van der Waals surface area contributed by atoms with Gasteiger partial charge >= 0.3 is 12.1 Å². The number of amides is 2. The Balaban J connectivity index is 1.37. The maximum atomic E-state index is 13.0. The predicted molar refractivity (Wildman–Crippen MR) is 124 cm³/mol. The van der Waals surface area contributed by atoms with Crippen LogP contribution < -0.4 is 5.32 Å². The highest BCUT2D eigenvalue weighted by Gasteiger charge is 2.36. The first-order valence-electron chi connectivity index (χ1n) is 11.5. The van der Waals surface area contributed by atoms with Gasteiger partial charge in [0.15, 0.2) is 0 Å². The van der Waals surface area contributed by atoms with Crippen LogP contribution in [0.15, 0.2) is 48.5 Å². The van der Waals surface area contributed by atoms with Crippen LogP contribution in [0, 0.1) is 11.8 Å². The van der Waals surface area contributed by atoms with Crippen molar-refractivity contribution in [3.63, 3.8) is 0 Å². The molecule has 174 valence electrons. The first kappa shape index (κ1) is 22.8. The average molecular weight is 451 g/mol. The molecule has 2 aliphatic rings. The first-order valence-corrected chi connectivity index (χ1v) is 11.5. The van der Waals surface area contributed by atoms with Crippen molar-refractivity contribution in [3.05, 3.63) is 59.7 Å². The summed E-state index contributed by atoms with van der Waals surface area (Å²) in [6.45, 7) is 4.88. The molecule has 1 heterocycles. The standard InChI is InChI=1S/C26H30N2O5/c1-3-23(25(31)28-13-16(2)17(14-28)12-24(29)30)27-26(32)33-15-22-20-10-6-4-8-18(20)19-9-5-7-11-21(19)22/h4-11,16-17,22-23H,3,12-15H2,1-2H3,(H,27,32)(H,29,30)/t16?,17?,23-/m1/s1. The number of alkyl carbamates (subject to hydrolysis) is 1. The molecule has 0 radical (unpaired) electrons. The Morgan fingerprint density at radius 1 is 1.06 bits per heavy atom. The molecule has 1 aliphatic heterocycles. The summed E-state index contributed by atoms with van der Waals surface area (Å²) in [7, 11) is 0. The van der Waals surface area contributed by atoms with Gasteiger partial charge < -0.3 is 20.1 Å². The van der Waals surface area contributed by atoms with E-state index in [0.29, 0.717) is 19.5 Å². The number of carboxylic acid groups (broad SMARTS) is 1. The van der Waals surface area contributed by atoms with Crippen molar-refractivity contribution in [3.8, 4) is 11.1 Å². The van der Waals surface area contributed by atoms with Gasteiger partial charge in [-0.05, 0) is 40.5 Å². The molecule has 1 aliphatic carbocycles. The van der Waals surface area contributed by atoms with Gasteiger partial charge in [-0.2, -0.15) is 0 Å². The summed E-state index contributed by atoms with van der Waals surface area (Å²) >= 11 is 0. The van der Waals surface area contributed by atoms with E-state index in [1.54, 1.807) is 4.90 Å². The summed E-state index contributed by atoms with van der Waals surface area (Å²) in [5.74, 6) is -1.05. The summed E-state index contributed by atoms with van der Waals surface area (Å²) in [4.78, 5) is 38.3. The van der Waals surface area contributed by atoms with E-state index in [2.05, 4.69) is 29.6 Å². The summed E-state index contributed by atoms with van der Waals surface area (Å²) in [5, 5.41) is 11.8. The minimum atomic E-state index is -0.857. The fraction of sp³-hybridized carbons (Fsp3) is 0.423. The van der Waals surface area contributed by atoms with Crippen LogP contribution in [0.5, 0.6) is 0 Å².